The van der Waals surface area contributed by atoms with Crippen LogP contribution in [-0.2, 0) is 12.8 Å². The lowest BCUT2D eigenvalue weighted by Gasteiger charge is -2.09. The number of hydrogen-bond acceptors (Lipinski definition) is 1. The molecular weight excluding hydrogens is 237 g/mol. The van der Waals surface area contributed by atoms with Gasteiger partial charge in [-0.2, -0.15) is 0 Å². The average Bonchev–Trinajstić information content (AvgIpc) is 2.77. The van der Waals surface area contributed by atoms with Crippen LogP contribution >= 0.6 is 11.6 Å². The van der Waals surface area contributed by atoms with E-state index in [1.807, 2.05) is 6.07 Å². The summed E-state index contributed by atoms with van der Waals surface area (Å²) in [6, 6.07) is 8.41. The smallest absolute Gasteiger partial charge is 0.129 e. The monoisotopic (exact) mass is 247 g/mol. The summed E-state index contributed by atoms with van der Waals surface area (Å²) in [5.74, 6) is -0.217. The lowest BCUT2D eigenvalue weighted by molar-refractivity contribution is 0.628. The summed E-state index contributed by atoms with van der Waals surface area (Å²) in [5.41, 5.74) is 4.46. The Morgan fingerprint density at radius 3 is 2.65 bits per heavy atom. The SMILES string of the molecule is Fc1ccc(-c2cc(Cl)nc3c2CCC3)cc1. The molecule has 1 aliphatic rings. The molecule has 0 N–H and O–H groups in total. The van der Waals surface area contributed by atoms with Crippen LogP contribution in [0, 0.1) is 5.82 Å². The van der Waals surface area contributed by atoms with Gasteiger partial charge in [-0.3, -0.25) is 0 Å². The molecule has 0 aliphatic heterocycles. The minimum Gasteiger partial charge on any atom is -0.241 e. The summed E-state index contributed by atoms with van der Waals surface area (Å²) in [4.78, 5) is 4.35. The van der Waals surface area contributed by atoms with Crippen molar-refractivity contribution in [3.8, 4) is 11.1 Å². The van der Waals surface area contributed by atoms with Gasteiger partial charge in [-0.1, -0.05) is 23.7 Å². The molecule has 3 heteroatoms. The highest BCUT2D eigenvalue weighted by Crippen LogP contribution is 2.33. The van der Waals surface area contributed by atoms with Crippen molar-refractivity contribution in [1.29, 1.82) is 0 Å². The molecule has 2 aromatic rings. The number of hydrogen-bond donors (Lipinski definition) is 0. The molecule has 0 saturated carbocycles. The maximum atomic E-state index is 12.9. The lowest BCUT2D eigenvalue weighted by atomic mass is 10.00. The number of nitrogens with zero attached hydrogens (tertiary/aromatic N) is 1. The fourth-order valence-corrected chi connectivity index (χ4v) is 2.61. The maximum absolute atomic E-state index is 12.9. The fourth-order valence-electron chi connectivity index (χ4n) is 2.40. The number of pyridine rings is 1. The van der Waals surface area contributed by atoms with E-state index in [0.29, 0.717) is 5.15 Å². The molecule has 1 nitrogen and oxygen atoms in total. The Balaban J connectivity index is 2.17. The third-order valence-corrected chi connectivity index (χ3v) is 3.37. The molecule has 0 atom stereocenters. The van der Waals surface area contributed by atoms with Crippen LogP contribution in [0.15, 0.2) is 30.3 Å². The summed E-state index contributed by atoms with van der Waals surface area (Å²) in [5, 5.41) is 0.518. The highest BCUT2D eigenvalue weighted by molar-refractivity contribution is 6.29. The van der Waals surface area contributed by atoms with Gasteiger partial charge in [0.25, 0.3) is 0 Å². The molecule has 1 aliphatic carbocycles. The summed E-state index contributed by atoms with van der Waals surface area (Å²) < 4.78 is 12.9. The van der Waals surface area contributed by atoms with Crippen molar-refractivity contribution in [2.24, 2.45) is 0 Å². The summed E-state index contributed by atoms with van der Waals surface area (Å²) >= 11 is 6.02. The third kappa shape index (κ3) is 1.93. The quantitative estimate of drug-likeness (QED) is 0.694. The van der Waals surface area contributed by atoms with Crippen LogP contribution in [0.3, 0.4) is 0 Å². The van der Waals surface area contributed by atoms with Crippen LogP contribution in [0.5, 0.6) is 0 Å². The molecule has 0 spiro atoms. The molecule has 0 unspecified atom stereocenters. The van der Waals surface area contributed by atoms with Crippen LogP contribution in [0.2, 0.25) is 5.15 Å². The molecule has 17 heavy (non-hydrogen) atoms. The number of fused-ring (bicyclic) bond motifs is 1. The van der Waals surface area contributed by atoms with Gasteiger partial charge >= 0.3 is 0 Å². The van der Waals surface area contributed by atoms with Crippen molar-refractivity contribution in [3.05, 3.63) is 52.6 Å². The third-order valence-electron chi connectivity index (χ3n) is 3.17. The standard InChI is InChI=1S/C14H11ClFN/c15-14-8-12(9-4-6-10(16)7-5-9)11-2-1-3-13(11)17-14/h4-8H,1-3H2. The van der Waals surface area contributed by atoms with E-state index in [-0.39, 0.29) is 5.82 Å². The van der Waals surface area contributed by atoms with Gasteiger partial charge in [0.05, 0.1) is 0 Å². The lowest BCUT2D eigenvalue weighted by Crippen LogP contribution is -1.93. The number of aryl methyl sites for hydroxylation is 1. The van der Waals surface area contributed by atoms with Gasteiger partial charge in [-0.25, -0.2) is 9.37 Å². The van der Waals surface area contributed by atoms with Crippen molar-refractivity contribution in [2.75, 3.05) is 0 Å². The molecule has 1 aromatic carbocycles. The van der Waals surface area contributed by atoms with Crippen molar-refractivity contribution >= 4 is 11.6 Å². The second-order valence-electron chi connectivity index (χ2n) is 4.28. The molecule has 86 valence electrons. The van der Waals surface area contributed by atoms with Crippen molar-refractivity contribution in [3.63, 3.8) is 0 Å². The van der Waals surface area contributed by atoms with Gasteiger partial charge < -0.3 is 0 Å². The Labute approximate surface area is 104 Å². The Bertz CT molecular complexity index is 563. The minimum absolute atomic E-state index is 0.217. The Hall–Kier alpha value is -1.41. The number of aromatic nitrogens is 1. The van der Waals surface area contributed by atoms with Gasteiger partial charge in [0.15, 0.2) is 0 Å². The van der Waals surface area contributed by atoms with E-state index in [2.05, 4.69) is 4.98 Å². The predicted molar refractivity (Wildman–Crippen MR) is 66.7 cm³/mol. The van der Waals surface area contributed by atoms with Crippen LogP contribution in [0.4, 0.5) is 4.39 Å². The number of halogens is 2. The highest BCUT2D eigenvalue weighted by atomic mass is 35.5. The first kappa shape index (κ1) is 10.7. The maximum Gasteiger partial charge on any atom is 0.129 e. The van der Waals surface area contributed by atoms with E-state index in [1.165, 1.54) is 17.7 Å². The van der Waals surface area contributed by atoms with Crippen LogP contribution in [0.25, 0.3) is 11.1 Å². The van der Waals surface area contributed by atoms with E-state index >= 15 is 0 Å². The second kappa shape index (κ2) is 4.11. The molecule has 3 rings (SSSR count). The van der Waals surface area contributed by atoms with E-state index in [4.69, 9.17) is 11.6 Å². The highest BCUT2D eigenvalue weighted by Gasteiger charge is 2.18. The predicted octanol–water partition coefficient (Wildman–Crippen LogP) is 4.03. The van der Waals surface area contributed by atoms with E-state index < -0.39 is 0 Å². The van der Waals surface area contributed by atoms with Crippen LogP contribution < -0.4 is 0 Å². The Morgan fingerprint density at radius 1 is 1.12 bits per heavy atom. The van der Waals surface area contributed by atoms with Crippen molar-refractivity contribution in [1.82, 2.24) is 4.98 Å². The summed E-state index contributed by atoms with van der Waals surface area (Å²) in [7, 11) is 0. The van der Waals surface area contributed by atoms with Gasteiger partial charge in [0, 0.05) is 5.69 Å². The zero-order valence-electron chi connectivity index (χ0n) is 9.21. The number of rotatable bonds is 1. The first-order valence-corrected chi connectivity index (χ1v) is 6.06. The fraction of sp³-hybridized carbons (Fsp3) is 0.214. The average molecular weight is 248 g/mol. The first-order valence-electron chi connectivity index (χ1n) is 5.68. The van der Waals surface area contributed by atoms with E-state index in [9.17, 15) is 4.39 Å². The molecule has 0 amide bonds. The first-order chi connectivity index (χ1) is 8.24. The molecule has 0 bridgehead atoms. The molecule has 1 aromatic heterocycles. The van der Waals surface area contributed by atoms with Crippen LogP contribution in [-0.4, -0.2) is 4.98 Å². The van der Waals surface area contributed by atoms with Gasteiger partial charge in [-0.15, -0.1) is 0 Å². The number of benzene rings is 1. The zero-order chi connectivity index (χ0) is 11.8. The van der Waals surface area contributed by atoms with E-state index in [1.54, 1.807) is 12.1 Å². The summed E-state index contributed by atoms with van der Waals surface area (Å²) in [6.45, 7) is 0. The second-order valence-corrected chi connectivity index (χ2v) is 4.67. The zero-order valence-corrected chi connectivity index (χ0v) is 9.97. The van der Waals surface area contributed by atoms with Gasteiger partial charge in [0.1, 0.15) is 11.0 Å². The Morgan fingerprint density at radius 2 is 1.88 bits per heavy atom. The van der Waals surface area contributed by atoms with Crippen LogP contribution in [0.1, 0.15) is 17.7 Å². The van der Waals surface area contributed by atoms with E-state index in [0.717, 1.165) is 36.1 Å². The summed E-state index contributed by atoms with van der Waals surface area (Å²) in [6.07, 6.45) is 3.15. The topological polar surface area (TPSA) is 12.9 Å². The largest absolute Gasteiger partial charge is 0.241 e. The molecule has 0 radical (unpaired) electrons. The normalized spacial score (nSPS) is 13.8. The molecule has 0 saturated heterocycles. The minimum atomic E-state index is -0.217. The molecule has 0 fully saturated rings. The van der Waals surface area contributed by atoms with Gasteiger partial charge in [-0.05, 0) is 54.2 Å². The molecule has 1 heterocycles. The van der Waals surface area contributed by atoms with Gasteiger partial charge in [0.2, 0.25) is 0 Å². The molecular formula is C14H11ClFN. The van der Waals surface area contributed by atoms with Crippen molar-refractivity contribution in [2.45, 2.75) is 19.3 Å². The van der Waals surface area contributed by atoms with Crippen molar-refractivity contribution < 1.29 is 4.39 Å². The Kier molecular flexibility index (Phi) is 2.60.